The molecule has 1 aliphatic rings. The van der Waals surface area contributed by atoms with Gasteiger partial charge in [-0.05, 0) is 28.8 Å². The Balaban J connectivity index is 1.32. The highest BCUT2D eigenvalue weighted by Gasteiger charge is 2.22. The minimum Gasteiger partial charge on any atom is -0.872 e. The van der Waals surface area contributed by atoms with Gasteiger partial charge >= 0.3 is 5.63 Å². The number of likely N-dealkylation sites (tertiary alicyclic amines) is 1. The van der Waals surface area contributed by atoms with E-state index in [1.165, 1.54) is 11.6 Å². The van der Waals surface area contributed by atoms with Crippen LogP contribution in [0.2, 0.25) is 0 Å². The summed E-state index contributed by atoms with van der Waals surface area (Å²) in [5.41, 5.74) is 3.47. The highest BCUT2D eigenvalue weighted by Crippen LogP contribution is 2.32. The van der Waals surface area contributed by atoms with Gasteiger partial charge in [0.2, 0.25) is 0 Å². The third-order valence-corrected chi connectivity index (χ3v) is 6.91. The van der Waals surface area contributed by atoms with Crippen LogP contribution in [0.3, 0.4) is 0 Å². The number of piperidine rings is 1. The lowest BCUT2D eigenvalue weighted by atomic mass is 9.99. The number of rotatable bonds is 7. The number of fused-ring (bicyclic) bond motifs is 1. The van der Waals surface area contributed by atoms with E-state index in [9.17, 15) is 9.90 Å². The second-order valence-corrected chi connectivity index (χ2v) is 9.17. The highest BCUT2D eigenvalue weighted by molar-refractivity contribution is 5.95. The fourth-order valence-corrected chi connectivity index (χ4v) is 4.94. The van der Waals surface area contributed by atoms with Gasteiger partial charge in [-0.1, -0.05) is 60.3 Å². The third kappa shape index (κ3) is 5.24. The van der Waals surface area contributed by atoms with Crippen molar-refractivity contribution >= 4 is 11.0 Å². The molecule has 1 aromatic heterocycles. The second-order valence-electron chi connectivity index (χ2n) is 9.17. The van der Waals surface area contributed by atoms with Crippen LogP contribution in [0, 0.1) is 0 Å². The van der Waals surface area contributed by atoms with Crippen molar-refractivity contribution in [1.29, 1.82) is 0 Å². The maximum absolute atomic E-state index is 12.8. The predicted molar refractivity (Wildman–Crippen MR) is 134 cm³/mol. The van der Waals surface area contributed by atoms with Gasteiger partial charge in [-0.3, -0.25) is 4.90 Å². The molecule has 0 atom stereocenters. The van der Waals surface area contributed by atoms with Crippen molar-refractivity contribution in [3.8, 4) is 22.6 Å². The topological polar surface area (TPSA) is 82.3 Å². The Bertz CT molecular complexity index is 1340. The number of ether oxygens (including phenoxy) is 1. The molecule has 6 heteroatoms. The molecule has 1 saturated heterocycles. The van der Waals surface area contributed by atoms with Crippen LogP contribution < -0.4 is 20.8 Å². The Morgan fingerprint density at radius 2 is 1.77 bits per heavy atom. The number of nitrogens with zero attached hydrogens (tertiary/aromatic N) is 1. The van der Waals surface area contributed by atoms with Gasteiger partial charge in [-0.25, -0.2) is 4.79 Å². The van der Waals surface area contributed by atoms with Crippen LogP contribution in [0.4, 0.5) is 0 Å². The molecule has 0 spiro atoms. The van der Waals surface area contributed by atoms with Gasteiger partial charge in [0.05, 0.1) is 13.2 Å². The molecule has 0 radical (unpaired) electrons. The van der Waals surface area contributed by atoms with E-state index in [0.29, 0.717) is 23.7 Å². The summed E-state index contributed by atoms with van der Waals surface area (Å²) in [6.45, 7) is 3.54. The summed E-state index contributed by atoms with van der Waals surface area (Å²) in [7, 11) is 1.62. The molecule has 0 saturated carbocycles. The minimum atomic E-state index is -0.454. The standard InChI is InChI=1S/C29H30N2O4/c1-34-23-9-7-21(8-10-23)25-17-28(33)35-29-24(25)11-12-27(32)26(29)18-30-22-13-15-31(16-14-22)19-20-5-3-2-4-6-20/h2-12,17,22,30,32H,13-16,18-19H2,1H3. The monoisotopic (exact) mass is 470 g/mol. The lowest BCUT2D eigenvalue weighted by Gasteiger charge is -2.31. The zero-order chi connectivity index (χ0) is 24.2. The van der Waals surface area contributed by atoms with Crippen molar-refractivity contribution in [3.63, 3.8) is 0 Å². The van der Waals surface area contributed by atoms with E-state index in [4.69, 9.17) is 9.15 Å². The molecule has 35 heavy (non-hydrogen) atoms. The quantitative estimate of drug-likeness (QED) is 0.419. The highest BCUT2D eigenvalue weighted by atomic mass is 16.5. The predicted octanol–water partition coefficient (Wildman–Crippen LogP) is 3.27. The molecule has 1 aliphatic heterocycles. The van der Waals surface area contributed by atoms with E-state index < -0.39 is 5.63 Å². The number of methoxy groups -OCH3 is 1. The SMILES string of the molecule is COc1ccc(-c2cc(=O)oc3c(C[NH2+]C4CCN(Cc5ccccc5)CC4)c([O-])ccc23)cc1. The van der Waals surface area contributed by atoms with Crippen molar-refractivity contribution in [3.05, 3.63) is 94.3 Å². The van der Waals surface area contributed by atoms with Gasteiger partial charge in [-0.15, -0.1) is 0 Å². The lowest BCUT2D eigenvalue weighted by molar-refractivity contribution is -0.707. The largest absolute Gasteiger partial charge is 0.872 e. The zero-order valence-corrected chi connectivity index (χ0v) is 19.9. The first-order chi connectivity index (χ1) is 17.1. The van der Waals surface area contributed by atoms with E-state index in [1.807, 2.05) is 30.3 Å². The molecule has 3 aromatic carbocycles. The van der Waals surface area contributed by atoms with Crippen LogP contribution >= 0.6 is 0 Å². The normalized spacial score (nSPS) is 14.9. The molecule has 1 fully saturated rings. The average Bonchev–Trinajstić information content (AvgIpc) is 2.89. The fraction of sp³-hybridized carbons (Fsp3) is 0.276. The van der Waals surface area contributed by atoms with Crippen molar-refractivity contribution < 1.29 is 19.6 Å². The summed E-state index contributed by atoms with van der Waals surface area (Å²) >= 11 is 0. The van der Waals surface area contributed by atoms with Gasteiger partial charge < -0.3 is 19.6 Å². The molecular formula is C29H30N2O4. The van der Waals surface area contributed by atoms with E-state index >= 15 is 0 Å². The lowest BCUT2D eigenvalue weighted by Crippen LogP contribution is -2.89. The Hall–Kier alpha value is -3.61. The first kappa shape index (κ1) is 23.1. The molecule has 0 amide bonds. The number of nitrogens with two attached hydrogens (primary N) is 1. The Kier molecular flexibility index (Phi) is 6.84. The molecule has 6 nitrogen and oxygen atoms in total. The van der Waals surface area contributed by atoms with E-state index in [0.717, 1.165) is 54.7 Å². The number of hydrogen-bond donors (Lipinski definition) is 1. The van der Waals surface area contributed by atoms with Gasteiger partial charge in [0.1, 0.15) is 17.9 Å². The summed E-state index contributed by atoms with van der Waals surface area (Å²) in [6.07, 6.45) is 2.12. The summed E-state index contributed by atoms with van der Waals surface area (Å²) in [5, 5.41) is 15.8. The van der Waals surface area contributed by atoms with Gasteiger partial charge in [0.15, 0.2) is 0 Å². The molecule has 2 heterocycles. The van der Waals surface area contributed by atoms with Crippen LogP contribution in [0.5, 0.6) is 11.5 Å². The van der Waals surface area contributed by atoms with E-state index in [2.05, 4.69) is 34.5 Å². The minimum absolute atomic E-state index is 0.0923. The Morgan fingerprint density at radius 1 is 1.03 bits per heavy atom. The Labute approximate surface area is 204 Å². The number of hydrogen-bond acceptors (Lipinski definition) is 5. The van der Waals surface area contributed by atoms with Crippen LogP contribution in [0.25, 0.3) is 22.1 Å². The molecule has 5 rings (SSSR count). The van der Waals surface area contributed by atoms with Crippen molar-refractivity contribution in [1.82, 2.24) is 4.90 Å². The molecule has 0 aliphatic carbocycles. The van der Waals surface area contributed by atoms with Gasteiger partial charge in [0.25, 0.3) is 0 Å². The van der Waals surface area contributed by atoms with Crippen LogP contribution in [0.1, 0.15) is 24.0 Å². The molecule has 2 N–H and O–H groups in total. The third-order valence-electron chi connectivity index (χ3n) is 6.91. The molecule has 180 valence electrons. The maximum atomic E-state index is 12.8. The molecule has 0 bridgehead atoms. The number of quaternary nitrogens is 1. The summed E-state index contributed by atoms with van der Waals surface area (Å²) < 4.78 is 10.8. The van der Waals surface area contributed by atoms with E-state index in [-0.39, 0.29) is 5.75 Å². The molecule has 0 unspecified atom stereocenters. The van der Waals surface area contributed by atoms with Crippen LogP contribution in [0.15, 0.2) is 82.0 Å². The zero-order valence-electron chi connectivity index (χ0n) is 19.9. The molecular weight excluding hydrogens is 440 g/mol. The summed E-state index contributed by atoms with van der Waals surface area (Å²) in [5.74, 6) is 0.651. The smallest absolute Gasteiger partial charge is 0.336 e. The van der Waals surface area contributed by atoms with E-state index in [1.54, 1.807) is 19.2 Å². The second kappa shape index (κ2) is 10.3. The first-order valence-corrected chi connectivity index (χ1v) is 12.1. The van der Waals surface area contributed by atoms with Crippen molar-refractivity contribution in [2.45, 2.75) is 32.0 Å². The van der Waals surface area contributed by atoms with Crippen LogP contribution in [-0.2, 0) is 13.1 Å². The van der Waals surface area contributed by atoms with Crippen LogP contribution in [-0.4, -0.2) is 31.1 Å². The van der Waals surface area contributed by atoms with Crippen molar-refractivity contribution in [2.24, 2.45) is 0 Å². The summed E-state index contributed by atoms with van der Waals surface area (Å²) in [6, 6.07) is 23.4. The first-order valence-electron chi connectivity index (χ1n) is 12.1. The Morgan fingerprint density at radius 3 is 2.49 bits per heavy atom. The van der Waals surface area contributed by atoms with Gasteiger partial charge in [-0.2, -0.15) is 0 Å². The average molecular weight is 471 g/mol. The van der Waals surface area contributed by atoms with Gasteiger partial charge in [0, 0.05) is 49.5 Å². The maximum Gasteiger partial charge on any atom is 0.336 e. The fourth-order valence-electron chi connectivity index (χ4n) is 4.94. The number of benzene rings is 3. The van der Waals surface area contributed by atoms with Crippen molar-refractivity contribution in [2.75, 3.05) is 20.2 Å². The summed E-state index contributed by atoms with van der Waals surface area (Å²) in [4.78, 5) is 14.9. The molecule has 4 aromatic rings.